The first kappa shape index (κ1) is 30.7. The Kier molecular flexibility index (Phi) is 9.09. The fraction of sp³-hybridized carbons (Fsp3) is 0.343. The van der Waals surface area contributed by atoms with Crippen molar-refractivity contribution >= 4 is 40.5 Å². The molecule has 1 aromatic heterocycles. The molecule has 234 valence electrons. The second-order valence-corrected chi connectivity index (χ2v) is 12.6. The minimum Gasteiger partial charge on any atom is -0.448 e. The number of carbonyl (C=O) groups is 2. The van der Waals surface area contributed by atoms with Crippen molar-refractivity contribution in [3.05, 3.63) is 106 Å². The Morgan fingerprint density at radius 2 is 1.64 bits per heavy atom. The molecule has 3 aromatic carbocycles. The summed E-state index contributed by atoms with van der Waals surface area (Å²) in [5.41, 5.74) is 6.38. The van der Waals surface area contributed by atoms with Crippen LogP contribution in [0.25, 0.3) is 0 Å². The molecule has 6 rings (SSSR count). The minimum atomic E-state index is -0.392. The average Bonchev–Trinajstić information content (AvgIpc) is 3.76. The molecule has 0 spiro atoms. The van der Waals surface area contributed by atoms with Crippen LogP contribution in [0, 0.1) is 6.92 Å². The Balaban J connectivity index is 1.23. The van der Waals surface area contributed by atoms with Gasteiger partial charge in [-0.2, -0.15) is 0 Å². The van der Waals surface area contributed by atoms with E-state index in [9.17, 15) is 9.59 Å². The number of carbonyl (C=O) groups excluding carboxylic acids is 2. The van der Waals surface area contributed by atoms with Crippen molar-refractivity contribution in [2.24, 2.45) is 0 Å². The van der Waals surface area contributed by atoms with E-state index in [0.717, 1.165) is 56.8 Å². The SMILES string of the molecule is Cc1ccccc1N1CCN(c2cc(Cl)c(C(=O)NCc3cccc(CN(C)C)c3)cc2NC(=O)c2coc(C3CC3)n2)CC1. The van der Waals surface area contributed by atoms with Crippen LogP contribution in [0.5, 0.6) is 0 Å². The molecular formula is C35H39ClN6O3. The number of hydrogen-bond donors (Lipinski definition) is 2. The molecule has 1 saturated carbocycles. The molecule has 0 atom stereocenters. The first-order valence-electron chi connectivity index (χ1n) is 15.4. The molecule has 2 amide bonds. The number of piperazine rings is 1. The molecule has 0 unspecified atom stereocenters. The number of hydrogen-bond acceptors (Lipinski definition) is 7. The topological polar surface area (TPSA) is 94.0 Å². The van der Waals surface area contributed by atoms with Crippen molar-refractivity contribution in [2.75, 3.05) is 55.4 Å². The molecule has 2 heterocycles. The first-order valence-corrected chi connectivity index (χ1v) is 15.8. The lowest BCUT2D eigenvalue weighted by molar-refractivity contribution is 0.0949. The molecule has 45 heavy (non-hydrogen) atoms. The maximum Gasteiger partial charge on any atom is 0.277 e. The van der Waals surface area contributed by atoms with Crippen LogP contribution in [-0.2, 0) is 13.1 Å². The van der Waals surface area contributed by atoms with Crippen molar-refractivity contribution in [1.82, 2.24) is 15.2 Å². The van der Waals surface area contributed by atoms with Gasteiger partial charge in [0, 0.05) is 50.9 Å². The molecule has 1 aliphatic heterocycles. The second-order valence-electron chi connectivity index (χ2n) is 12.1. The third-order valence-electron chi connectivity index (χ3n) is 8.28. The Morgan fingerprint density at radius 1 is 0.933 bits per heavy atom. The van der Waals surface area contributed by atoms with E-state index in [2.05, 4.69) is 73.6 Å². The van der Waals surface area contributed by atoms with Crippen LogP contribution < -0.4 is 20.4 Å². The van der Waals surface area contributed by atoms with E-state index < -0.39 is 5.91 Å². The normalized spacial score (nSPS) is 15.0. The van der Waals surface area contributed by atoms with E-state index in [0.29, 0.717) is 29.1 Å². The number of aryl methyl sites for hydroxylation is 1. The summed E-state index contributed by atoms with van der Waals surface area (Å²) in [6.07, 6.45) is 3.45. The number of nitrogens with zero attached hydrogens (tertiary/aromatic N) is 4. The highest BCUT2D eigenvalue weighted by molar-refractivity contribution is 6.34. The Morgan fingerprint density at radius 3 is 2.36 bits per heavy atom. The van der Waals surface area contributed by atoms with Crippen LogP contribution in [0.1, 0.15) is 62.2 Å². The van der Waals surface area contributed by atoms with E-state index in [1.165, 1.54) is 23.1 Å². The summed E-state index contributed by atoms with van der Waals surface area (Å²) >= 11 is 6.78. The third-order valence-corrected chi connectivity index (χ3v) is 8.59. The highest BCUT2D eigenvalue weighted by Gasteiger charge is 2.30. The van der Waals surface area contributed by atoms with Crippen LogP contribution >= 0.6 is 11.6 Å². The van der Waals surface area contributed by atoms with Gasteiger partial charge in [0.1, 0.15) is 6.26 Å². The van der Waals surface area contributed by atoms with E-state index in [1.807, 2.05) is 26.2 Å². The number of amides is 2. The Hall–Kier alpha value is -4.34. The van der Waals surface area contributed by atoms with E-state index in [4.69, 9.17) is 16.0 Å². The fourth-order valence-electron chi connectivity index (χ4n) is 5.78. The predicted molar refractivity (Wildman–Crippen MR) is 178 cm³/mol. The summed E-state index contributed by atoms with van der Waals surface area (Å²) in [6, 6.07) is 20.0. The quantitative estimate of drug-likeness (QED) is 0.220. The van der Waals surface area contributed by atoms with Gasteiger partial charge in [-0.15, -0.1) is 0 Å². The van der Waals surface area contributed by atoms with Gasteiger partial charge in [-0.25, -0.2) is 4.98 Å². The monoisotopic (exact) mass is 626 g/mol. The van der Waals surface area contributed by atoms with Crippen molar-refractivity contribution in [1.29, 1.82) is 0 Å². The lowest BCUT2D eigenvalue weighted by Gasteiger charge is -2.38. The molecule has 9 nitrogen and oxygen atoms in total. The largest absolute Gasteiger partial charge is 0.448 e. The van der Waals surface area contributed by atoms with Crippen molar-refractivity contribution < 1.29 is 14.0 Å². The number of aromatic nitrogens is 1. The molecule has 1 saturated heterocycles. The maximum atomic E-state index is 13.4. The second kappa shape index (κ2) is 13.3. The zero-order valence-electron chi connectivity index (χ0n) is 26.0. The average molecular weight is 627 g/mol. The molecule has 2 N–H and O–H groups in total. The highest BCUT2D eigenvalue weighted by Crippen LogP contribution is 2.39. The standard InChI is InChI=1S/C35H39ClN6O3/c1-23-7-4-5-10-31(23)41-13-15-42(16-14-41)32-19-28(36)27(33(43)37-20-24-8-6-9-25(17-24)21-40(2)3)18-29(32)38-34(44)30-22-45-35(39-30)26-11-12-26/h4-10,17-19,22,26H,11-16,20-21H2,1-3H3,(H,37,43)(H,38,44). The van der Waals surface area contributed by atoms with Crippen LogP contribution in [0.2, 0.25) is 5.02 Å². The molecule has 0 radical (unpaired) electrons. The third kappa shape index (κ3) is 7.32. The summed E-state index contributed by atoms with van der Waals surface area (Å²) in [5.74, 6) is 0.179. The molecule has 4 aromatic rings. The molecule has 0 bridgehead atoms. The molecule has 1 aliphatic carbocycles. The van der Waals surface area contributed by atoms with Gasteiger partial charge in [0.2, 0.25) is 0 Å². The molecular weight excluding hydrogens is 588 g/mol. The van der Waals surface area contributed by atoms with Crippen molar-refractivity contribution in [2.45, 2.75) is 38.8 Å². The Labute approximate surface area is 269 Å². The van der Waals surface area contributed by atoms with Crippen LogP contribution in [0.4, 0.5) is 17.1 Å². The van der Waals surface area contributed by atoms with Crippen molar-refractivity contribution in [3.63, 3.8) is 0 Å². The van der Waals surface area contributed by atoms with Crippen LogP contribution in [0.3, 0.4) is 0 Å². The predicted octanol–water partition coefficient (Wildman–Crippen LogP) is 6.08. The zero-order chi connectivity index (χ0) is 31.5. The number of oxazole rings is 1. The van der Waals surface area contributed by atoms with Gasteiger partial charge in [0.25, 0.3) is 11.8 Å². The summed E-state index contributed by atoms with van der Waals surface area (Å²) in [4.78, 5) is 37.9. The number of nitrogens with one attached hydrogen (secondary N) is 2. The molecule has 10 heteroatoms. The van der Waals surface area contributed by atoms with Gasteiger partial charge < -0.3 is 29.8 Å². The number of benzene rings is 3. The Bertz CT molecular complexity index is 1690. The van der Waals surface area contributed by atoms with Gasteiger partial charge in [-0.1, -0.05) is 54.1 Å². The van der Waals surface area contributed by atoms with Gasteiger partial charge in [-0.3, -0.25) is 9.59 Å². The van der Waals surface area contributed by atoms with E-state index in [1.54, 1.807) is 12.1 Å². The summed E-state index contributed by atoms with van der Waals surface area (Å²) in [5, 5.41) is 6.33. The maximum absolute atomic E-state index is 13.4. The summed E-state index contributed by atoms with van der Waals surface area (Å²) in [6.45, 7) is 6.33. The van der Waals surface area contributed by atoms with Gasteiger partial charge in [0.05, 0.1) is 22.0 Å². The highest BCUT2D eigenvalue weighted by atomic mass is 35.5. The smallest absolute Gasteiger partial charge is 0.277 e. The molecule has 2 aliphatic rings. The zero-order valence-corrected chi connectivity index (χ0v) is 26.7. The summed E-state index contributed by atoms with van der Waals surface area (Å²) < 4.78 is 5.57. The van der Waals surface area contributed by atoms with Gasteiger partial charge >= 0.3 is 0 Å². The molecule has 2 fully saturated rings. The van der Waals surface area contributed by atoms with Gasteiger partial charge in [-0.05, 0) is 68.8 Å². The van der Waals surface area contributed by atoms with Gasteiger partial charge in [0.15, 0.2) is 11.6 Å². The summed E-state index contributed by atoms with van der Waals surface area (Å²) in [7, 11) is 4.05. The van der Waals surface area contributed by atoms with E-state index >= 15 is 0 Å². The fourth-order valence-corrected chi connectivity index (χ4v) is 6.03. The number of rotatable bonds is 10. The minimum absolute atomic E-state index is 0.214. The van der Waals surface area contributed by atoms with Crippen LogP contribution in [-0.4, -0.2) is 62.0 Å². The lowest BCUT2D eigenvalue weighted by atomic mass is 10.1. The van der Waals surface area contributed by atoms with Crippen LogP contribution in [0.15, 0.2) is 71.3 Å². The van der Waals surface area contributed by atoms with E-state index in [-0.39, 0.29) is 17.2 Å². The van der Waals surface area contributed by atoms with Crippen molar-refractivity contribution in [3.8, 4) is 0 Å². The number of halogens is 1. The first-order chi connectivity index (χ1) is 21.7. The number of anilines is 3. The lowest BCUT2D eigenvalue weighted by Crippen LogP contribution is -2.47. The number of para-hydroxylation sites is 1.